The highest BCUT2D eigenvalue weighted by molar-refractivity contribution is 7.92. The van der Waals surface area contributed by atoms with Crippen molar-refractivity contribution in [3.8, 4) is 11.5 Å². The molecule has 4 aromatic rings. The first kappa shape index (κ1) is 24.4. The molecule has 0 aliphatic heterocycles. The van der Waals surface area contributed by atoms with Crippen LogP contribution in [0.25, 0.3) is 10.9 Å². The summed E-state index contributed by atoms with van der Waals surface area (Å²) < 4.78 is 33.8. The molecule has 0 aliphatic carbocycles. The topological polar surface area (TPSA) is 106 Å². The average Bonchev–Trinajstić information content (AvgIpc) is 2.77. The Labute approximate surface area is 213 Å². The maximum absolute atomic E-state index is 12.8. The number of rotatable bonds is 6. The van der Waals surface area contributed by atoms with E-state index < -0.39 is 16.0 Å². The number of carboxylic acids is 1. The smallest absolute Gasteiger partial charge is 0.337 e. The van der Waals surface area contributed by atoms with Crippen LogP contribution in [0.3, 0.4) is 0 Å². The number of nitrogens with one attached hydrogen (secondary N) is 1. The zero-order valence-corrected chi connectivity index (χ0v) is 20.6. The van der Waals surface area contributed by atoms with Gasteiger partial charge in [0.05, 0.1) is 33.0 Å². The van der Waals surface area contributed by atoms with Crippen molar-refractivity contribution in [3.05, 3.63) is 86.4 Å². The van der Waals surface area contributed by atoms with E-state index in [1.54, 1.807) is 18.2 Å². The van der Waals surface area contributed by atoms with Gasteiger partial charge in [-0.05, 0) is 42.5 Å². The normalized spacial score (nSPS) is 11.4. The highest BCUT2D eigenvalue weighted by atomic mass is 35.5. The molecule has 3 aromatic carbocycles. The number of anilines is 1. The Kier molecular flexibility index (Phi) is 6.80. The van der Waals surface area contributed by atoms with E-state index in [4.69, 9.17) is 51.1 Å². The molecule has 1 heterocycles. The number of sulfonamides is 1. The van der Waals surface area contributed by atoms with Gasteiger partial charge in [0.2, 0.25) is 0 Å². The van der Waals surface area contributed by atoms with Crippen molar-refractivity contribution in [2.24, 2.45) is 0 Å². The molecule has 0 amide bonds. The van der Waals surface area contributed by atoms with E-state index in [-0.39, 0.29) is 53.3 Å². The molecule has 0 bridgehead atoms. The maximum atomic E-state index is 12.8. The quantitative estimate of drug-likeness (QED) is 0.261. The van der Waals surface area contributed by atoms with Crippen molar-refractivity contribution in [1.82, 2.24) is 4.98 Å². The third-order valence-corrected chi connectivity index (χ3v) is 7.37. The standard InChI is InChI=1S/C22H12Cl4N2O5S/c23-12-4-7-18(16(25)9-12)34(31,32)28-17-6-5-15(24)21(19(17)26)33-13-8-11-2-1-3-14(22(29)30)20(11)27-10-13/h1-10,28H,(H,29,30). The SMILES string of the molecule is O=C(O)c1cccc2cc(Oc3c(Cl)ccc(NS(=O)(=O)c4ccc(Cl)cc4Cl)c3Cl)cnc12. The molecule has 34 heavy (non-hydrogen) atoms. The van der Waals surface area contributed by atoms with Crippen LogP contribution >= 0.6 is 46.4 Å². The van der Waals surface area contributed by atoms with Crippen molar-refractivity contribution < 1.29 is 23.1 Å². The predicted molar refractivity (Wildman–Crippen MR) is 133 cm³/mol. The summed E-state index contributed by atoms with van der Waals surface area (Å²) in [7, 11) is -4.12. The lowest BCUT2D eigenvalue weighted by atomic mass is 10.1. The van der Waals surface area contributed by atoms with E-state index in [9.17, 15) is 18.3 Å². The van der Waals surface area contributed by atoms with E-state index in [1.165, 1.54) is 42.6 Å². The third kappa shape index (κ3) is 4.87. The van der Waals surface area contributed by atoms with E-state index in [2.05, 4.69) is 9.71 Å². The number of nitrogens with zero attached hydrogens (tertiary/aromatic N) is 1. The number of carbonyl (C=O) groups is 1. The van der Waals surface area contributed by atoms with E-state index in [0.29, 0.717) is 5.39 Å². The van der Waals surface area contributed by atoms with Crippen molar-refractivity contribution in [3.63, 3.8) is 0 Å². The molecular weight excluding hydrogens is 546 g/mol. The summed E-state index contributed by atoms with van der Waals surface area (Å²) in [6, 6.07) is 13.0. The number of benzene rings is 3. The van der Waals surface area contributed by atoms with E-state index in [1.807, 2.05) is 0 Å². The molecule has 0 saturated carbocycles. The number of aromatic carboxylic acids is 1. The lowest BCUT2D eigenvalue weighted by Crippen LogP contribution is -2.14. The van der Waals surface area contributed by atoms with Crippen LogP contribution in [0.1, 0.15) is 10.4 Å². The van der Waals surface area contributed by atoms with Crippen LogP contribution < -0.4 is 9.46 Å². The molecule has 0 aliphatic rings. The Bertz CT molecular complexity index is 1560. The van der Waals surface area contributed by atoms with Crippen molar-refractivity contribution in [1.29, 1.82) is 0 Å². The van der Waals surface area contributed by atoms with Gasteiger partial charge in [0.15, 0.2) is 5.75 Å². The van der Waals surface area contributed by atoms with Crippen LogP contribution in [0.15, 0.2) is 65.7 Å². The molecule has 2 N–H and O–H groups in total. The molecule has 1 aromatic heterocycles. The highest BCUT2D eigenvalue weighted by Gasteiger charge is 2.22. The van der Waals surface area contributed by atoms with Crippen LogP contribution in [-0.2, 0) is 10.0 Å². The van der Waals surface area contributed by atoms with Crippen LogP contribution in [0.4, 0.5) is 5.69 Å². The molecule has 0 radical (unpaired) electrons. The Morgan fingerprint density at radius 1 is 0.971 bits per heavy atom. The summed E-state index contributed by atoms with van der Waals surface area (Å²) in [4.78, 5) is 15.4. The molecule has 7 nitrogen and oxygen atoms in total. The number of hydrogen-bond donors (Lipinski definition) is 2. The zero-order valence-electron chi connectivity index (χ0n) is 16.7. The number of pyridine rings is 1. The third-order valence-electron chi connectivity index (χ3n) is 4.61. The lowest BCUT2D eigenvalue weighted by molar-refractivity contribution is 0.0698. The van der Waals surface area contributed by atoms with E-state index >= 15 is 0 Å². The van der Waals surface area contributed by atoms with Gasteiger partial charge in [0, 0.05) is 10.4 Å². The molecule has 0 spiro atoms. The van der Waals surface area contributed by atoms with Gasteiger partial charge in [-0.3, -0.25) is 9.71 Å². The van der Waals surface area contributed by atoms with E-state index in [0.717, 1.165) is 0 Å². The number of ether oxygens (including phenoxy) is 1. The first-order valence-corrected chi connectivity index (χ1v) is 12.3. The van der Waals surface area contributed by atoms with Crippen LogP contribution in [-0.4, -0.2) is 24.5 Å². The summed E-state index contributed by atoms with van der Waals surface area (Å²) >= 11 is 24.5. The van der Waals surface area contributed by atoms with Crippen LogP contribution in [0.5, 0.6) is 11.5 Å². The molecule has 0 unspecified atom stereocenters. The minimum atomic E-state index is -4.12. The van der Waals surface area contributed by atoms with Gasteiger partial charge in [-0.2, -0.15) is 0 Å². The Morgan fingerprint density at radius 2 is 1.74 bits per heavy atom. The van der Waals surface area contributed by atoms with Gasteiger partial charge < -0.3 is 9.84 Å². The monoisotopic (exact) mass is 556 g/mol. The number of carboxylic acid groups (broad SMARTS) is 1. The second-order valence-electron chi connectivity index (χ2n) is 6.87. The number of hydrogen-bond acceptors (Lipinski definition) is 5. The van der Waals surface area contributed by atoms with Gasteiger partial charge >= 0.3 is 5.97 Å². The molecule has 12 heteroatoms. The molecule has 0 saturated heterocycles. The second-order valence-corrected chi connectivity index (χ2v) is 10.2. The van der Waals surface area contributed by atoms with Crippen molar-refractivity contribution in [2.45, 2.75) is 4.90 Å². The van der Waals surface area contributed by atoms with Gasteiger partial charge in [-0.1, -0.05) is 58.5 Å². The molecule has 4 rings (SSSR count). The largest absolute Gasteiger partial charge is 0.478 e. The molecule has 174 valence electrons. The maximum Gasteiger partial charge on any atom is 0.337 e. The Balaban J connectivity index is 1.69. The summed E-state index contributed by atoms with van der Waals surface area (Å²) in [5.74, 6) is -0.931. The molecule has 0 atom stereocenters. The number of para-hydroxylation sites is 1. The van der Waals surface area contributed by atoms with Crippen LogP contribution in [0.2, 0.25) is 20.1 Å². The van der Waals surface area contributed by atoms with Crippen molar-refractivity contribution in [2.75, 3.05) is 4.72 Å². The summed E-state index contributed by atoms with van der Waals surface area (Å²) in [6.45, 7) is 0. The first-order chi connectivity index (χ1) is 16.1. The highest BCUT2D eigenvalue weighted by Crippen LogP contribution is 2.42. The molecular formula is C22H12Cl4N2O5S. The van der Waals surface area contributed by atoms with Crippen molar-refractivity contribution >= 4 is 79.0 Å². The lowest BCUT2D eigenvalue weighted by Gasteiger charge is -2.15. The Hall–Kier alpha value is -2.75. The molecule has 0 fully saturated rings. The van der Waals surface area contributed by atoms with Gasteiger partial charge in [0.25, 0.3) is 10.0 Å². The fourth-order valence-corrected chi connectivity index (χ4v) is 5.48. The summed E-state index contributed by atoms with van der Waals surface area (Å²) in [6.07, 6.45) is 1.31. The first-order valence-electron chi connectivity index (χ1n) is 9.32. The van der Waals surface area contributed by atoms with Crippen LogP contribution in [0, 0.1) is 0 Å². The zero-order chi connectivity index (χ0) is 24.6. The predicted octanol–water partition coefficient (Wildman–Crippen LogP) is 7.14. The fourth-order valence-electron chi connectivity index (χ4n) is 3.08. The number of aromatic nitrogens is 1. The minimum Gasteiger partial charge on any atom is -0.478 e. The van der Waals surface area contributed by atoms with Gasteiger partial charge in [-0.25, -0.2) is 13.2 Å². The van der Waals surface area contributed by atoms with Gasteiger partial charge in [-0.15, -0.1) is 0 Å². The number of halogens is 4. The average molecular weight is 558 g/mol. The Morgan fingerprint density at radius 3 is 2.44 bits per heavy atom. The second kappa shape index (κ2) is 9.48. The summed E-state index contributed by atoms with van der Waals surface area (Å²) in [5, 5.41) is 10.0. The van der Waals surface area contributed by atoms with Gasteiger partial charge in [0.1, 0.15) is 15.7 Å². The fraction of sp³-hybridized carbons (Fsp3) is 0. The minimum absolute atomic E-state index is 0.00556. The summed E-state index contributed by atoms with van der Waals surface area (Å²) in [5.41, 5.74) is 0.312. The number of fused-ring (bicyclic) bond motifs is 1.